The van der Waals surface area contributed by atoms with Gasteiger partial charge in [-0.2, -0.15) is 26.3 Å². The molecule has 1 saturated carbocycles. The SMILES string of the molecule is N[C@@H](CN[C@H](CNCC1CC(F)(F)C1)C(F)(F)F)C(F)(F)F. The minimum absolute atomic E-state index is 0.0465. The smallest absolute Gasteiger partial charge is 0.319 e. The number of hydrogen-bond donors (Lipinski definition) is 3. The Morgan fingerprint density at radius 2 is 1.55 bits per heavy atom. The highest BCUT2D eigenvalue weighted by Gasteiger charge is 2.45. The third kappa shape index (κ3) is 6.21. The summed E-state index contributed by atoms with van der Waals surface area (Å²) in [7, 11) is 0. The minimum atomic E-state index is -4.80. The first-order valence-corrected chi connectivity index (χ1v) is 6.52. The van der Waals surface area contributed by atoms with E-state index in [0.717, 1.165) is 0 Å². The van der Waals surface area contributed by atoms with Crippen LogP contribution in [0.25, 0.3) is 0 Å². The van der Waals surface area contributed by atoms with Crippen LogP contribution in [0.15, 0.2) is 0 Å². The van der Waals surface area contributed by atoms with Gasteiger partial charge in [0.2, 0.25) is 5.92 Å². The summed E-state index contributed by atoms with van der Waals surface area (Å²) >= 11 is 0. The van der Waals surface area contributed by atoms with Gasteiger partial charge in [0, 0.05) is 25.9 Å². The molecule has 0 heterocycles. The van der Waals surface area contributed by atoms with Crippen molar-refractivity contribution in [2.45, 2.75) is 43.2 Å². The van der Waals surface area contributed by atoms with Gasteiger partial charge in [0.1, 0.15) is 12.1 Å². The van der Waals surface area contributed by atoms with Gasteiger partial charge in [0.25, 0.3) is 0 Å². The molecule has 0 bridgehead atoms. The molecule has 0 amide bonds. The van der Waals surface area contributed by atoms with Crippen molar-refractivity contribution in [3.8, 4) is 0 Å². The molecule has 2 atom stereocenters. The Kier molecular flexibility index (Phi) is 6.01. The lowest BCUT2D eigenvalue weighted by atomic mass is 9.81. The van der Waals surface area contributed by atoms with Crippen molar-refractivity contribution < 1.29 is 35.1 Å². The fraction of sp³-hybridized carbons (Fsp3) is 1.00. The van der Waals surface area contributed by atoms with E-state index >= 15 is 0 Å². The zero-order valence-electron chi connectivity index (χ0n) is 11.4. The van der Waals surface area contributed by atoms with E-state index in [1.807, 2.05) is 0 Å². The fourth-order valence-electron chi connectivity index (χ4n) is 2.05. The van der Waals surface area contributed by atoms with Crippen LogP contribution in [-0.2, 0) is 0 Å². The van der Waals surface area contributed by atoms with Crippen LogP contribution in [0.3, 0.4) is 0 Å². The fourth-order valence-corrected chi connectivity index (χ4v) is 2.05. The quantitative estimate of drug-likeness (QED) is 0.620. The van der Waals surface area contributed by atoms with Crippen LogP contribution in [0, 0.1) is 5.92 Å². The molecule has 1 aliphatic carbocycles. The molecule has 1 aliphatic rings. The van der Waals surface area contributed by atoms with Gasteiger partial charge in [-0.3, -0.25) is 0 Å². The van der Waals surface area contributed by atoms with E-state index in [0.29, 0.717) is 0 Å². The summed E-state index contributed by atoms with van der Waals surface area (Å²) in [5.74, 6) is -3.20. The molecule has 132 valence electrons. The Morgan fingerprint density at radius 3 is 1.95 bits per heavy atom. The molecule has 11 heteroatoms. The van der Waals surface area contributed by atoms with Gasteiger partial charge < -0.3 is 16.4 Å². The van der Waals surface area contributed by atoms with Crippen LogP contribution >= 0.6 is 0 Å². The van der Waals surface area contributed by atoms with Gasteiger partial charge in [0.05, 0.1) is 0 Å². The summed E-state index contributed by atoms with van der Waals surface area (Å²) in [4.78, 5) is 0. The molecule has 0 aromatic carbocycles. The second-order valence-corrected chi connectivity index (χ2v) is 5.44. The second kappa shape index (κ2) is 6.83. The molecule has 3 nitrogen and oxygen atoms in total. The molecule has 1 rings (SSSR count). The molecule has 0 spiro atoms. The Hall–Kier alpha value is -0.680. The summed E-state index contributed by atoms with van der Waals surface area (Å²) in [5, 5.41) is 4.07. The lowest BCUT2D eigenvalue weighted by molar-refractivity contribution is -0.165. The predicted molar refractivity (Wildman–Crippen MR) is 62.4 cm³/mol. The van der Waals surface area contributed by atoms with Crippen LogP contribution in [0.5, 0.6) is 0 Å². The number of nitrogens with two attached hydrogens (primary N) is 1. The van der Waals surface area contributed by atoms with Gasteiger partial charge in [-0.05, 0) is 12.5 Å². The number of nitrogens with one attached hydrogen (secondary N) is 2. The van der Waals surface area contributed by atoms with E-state index < -0.39 is 62.2 Å². The van der Waals surface area contributed by atoms with Crippen molar-refractivity contribution in [3.63, 3.8) is 0 Å². The van der Waals surface area contributed by atoms with Crippen molar-refractivity contribution in [2.24, 2.45) is 11.7 Å². The van der Waals surface area contributed by atoms with Crippen molar-refractivity contribution in [1.29, 1.82) is 0 Å². The molecular formula is C11H17F8N3. The van der Waals surface area contributed by atoms with Crippen molar-refractivity contribution >= 4 is 0 Å². The van der Waals surface area contributed by atoms with Gasteiger partial charge in [-0.1, -0.05) is 0 Å². The molecule has 22 heavy (non-hydrogen) atoms. The van der Waals surface area contributed by atoms with E-state index in [-0.39, 0.29) is 6.54 Å². The maximum atomic E-state index is 12.7. The average molecular weight is 343 g/mol. The highest BCUT2D eigenvalue weighted by Crippen LogP contribution is 2.41. The van der Waals surface area contributed by atoms with Gasteiger partial charge in [0.15, 0.2) is 0 Å². The van der Waals surface area contributed by atoms with Crippen molar-refractivity contribution in [1.82, 2.24) is 10.6 Å². The first-order chi connectivity index (χ1) is 9.81. The van der Waals surface area contributed by atoms with Crippen LogP contribution in [0.4, 0.5) is 35.1 Å². The van der Waals surface area contributed by atoms with E-state index in [4.69, 9.17) is 5.73 Å². The maximum Gasteiger partial charge on any atom is 0.405 e. The standard InChI is InChI=1S/C11H17F8N3/c12-9(13)1-6(2-9)3-21-5-8(11(17,18)19)22-4-7(20)10(14,15)16/h6-8,21-22H,1-5,20H2/t7-,8+/m0/s1. The Bertz CT molecular complexity index is 346. The Balaban J connectivity index is 2.36. The van der Waals surface area contributed by atoms with Crippen LogP contribution < -0.4 is 16.4 Å². The summed E-state index contributed by atoms with van der Waals surface area (Å²) in [6, 6.07) is -4.65. The zero-order chi connectivity index (χ0) is 17.2. The summed E-state index contributed by atoms with van der Waals surface area (Å²) < 4.78 is 99.5. The van der Waals surface area contributed by atoms with Crippen molar-refractivity contribution in [2.75, 3.05) is 19.6 Å². The molecule has 0 aromatic heterocycles. The van der Waals surface area contributed by atoms with Crippen molar-refractivity contribution in [3.05, 3.63) is 0 Å². The average Bonchev–Trinajstić information content (AvgIpc) is 2.27. The second-order valence-electron chi connectivity index (χ2n) is 5.44. The van der Waals surface area contributed by atoms with Gasteiger partial charge in [-0.15, -0.1) is 0 Å². The number of rotatable bonds is 7. The third-order valence-corrected chi connectivity index (χ3v) is 3.36. The van der Waals surface area contributed by atoms with E-state index in [9.17, 15) is 35.1 Å². The number of alkyl halides is 8. The number of hydrogen-bond acceptors (Lipinski definition) is 3. The monoisotopic (exact) mass is 343 g/mol. The van der Waals surface area contributed by atoms with Crippen LogP contribution in [-0.4, -0.2) is 50.0 Å². The molecule has 0 unspecified atom stereocenters. The molecular weight excluding hydrogens is 326 g/mol. The lowest BCUT2D eigenvalue weighted by Crippen LogP contribution is -2.55. The first-order valence-electron chi connectivity index (χ1n) is 6.52. The largest absolute Gasteiger partial charge is 0.405 e. The molecule has 0 radical (unpaired) electrons. The molecule has 0 aromatic rings. The van der Waals surface area contributed by atoms with E-state index in [1.165, 1.54) is 0 Å². The summed E-state index contributed by atoms with van der Waals surface area (Å²) in [5.41, 5.74) is 4.72. The zero-order valence-corrected chi connectivity index (χ0v) is 11.4. The topological polar surface area (TPSA) is 50.1 Å². The molecule has 0 saturated heterocycles. The van der Waals surface area contributed by atoms with E-state index in [2.05, 4.69) is 5.32 Å². The molecule has 0 aliphatic heterocycles. The molecule has 1 fully saturated rings. The van der Waals surface area contributed by atoms with Crippen LogP contribution in [0.1, 0.15) is 12.8 Å². The first kappa shape index (κ1) is 19.4. The van der Waals surface area contributed by atoms with Gasteiger partial charge >= 0.3 is 12.4 Å². The number of halogens is 8. The maximum absolute atomic E-state index is 12.7. The predicted octanol–water partition coefficient (Wildman–Crippen LogP) is 2.03. The Labute approximate surface area is 121 Å². The highest BCUT2D eigenvalue weighted by atomic mass is 19.4. The third-order valence-electron chi connectivity index (χ3n) is 3.36. The minimum Gasteiger partial charge on any atom is -0.319 e. The Morgan fingerprint density at radius 1 is 1.00 bits per heavy atom. The van der Waals surface area contributed by atoms with Crippen LogP contribution in [0.2, 0.25) is 0 Å². The summed E-state index contributed by atoms with van der Waals surface area (Å²) in [6.45, 7) is -1.85. The lowest BCUT2D eigenvalue weighted by Gasteiger charge is -2.35. The summed E-state index contributed by atoms with van der Waals surface area (Å²) in [6.07, 6.45) is -10.4. The van der Waals surface area contributed by atoms with E-state index in [1.54, 1.807) is 5.32 Å². The normalized spacial score (nSPS) is 22.2. The molecule has 4 N–H and O–H groups in total. The van der Waals surface area contributed by atoms with Gasteiger partial charge in [-0.25, -0.2) is 8.78 Å². The highest BCUT2D eigenvalue weighted by molar-refractivity contribution is 4.88.